The van der Waals surface area contributed by atoms with Crippen LogP contribution in [0.4, 0.5) is 5.69 Å². The Morgan fingerprint density at radius 1 is 1.26 bits per heavy atom. The quantitative estimate of drug-likeness (QED) is 0.828. The molecule has 2 heterocycles. The minimum atomic E-state index is 0.0590. The highest BCUT2D eigenvalue weighted by atomic mass is 16.2. The zero-order chi connectivity index (χ0) is 13.4. The first-order chi connectivity index (χ1) is 9.13. The summed E-state index contributed by atoms with van der Waals surface area (Å²) in [4.78, 5) is 14.1. The van der Waals surface area contributed by atoms with Gasteiger partial charge in [0.15, 0.2) is 0 Å². The maximum atomic E-state index is 12.2. The van der Waals surface area contributed by atoms with Crippen molar-refractivity contribution in [3.63, 3.8) is 0 Å². The van der Waals surface area contributed by atoms with E-state index in [1.165, 1.54) is 0 Å². The van der Waals surface area contributed by atoms with Crippen molar-refractivity contribution in [2.75, 3.05) is 18.8 Å². The first kappa shape index (κ1) is 11.8. The van der Waals surface area contributed by atoms with E-state index < -0.39 is 0 Å². The summed E-state index contributed by atoms with van der Waals surface area (Å²) < 4.78 is 1.73. The van der Waals surface area contributed by atoms with E-state index >= 15 is 0 Å². The highest BCUT2D eigenvalue weighted by molar-refractivity contribution is 5.97. The zero-order valence-corrected chi connectivity index (χ0v) is 10.8. The zero-order valence-electron chi connectivity index (χ0n) is 10.8. The van der Waals surface area contributed by atoms with Crippen LogP contribution in [0.25, 0.3) is 11.1 Å². The monoisotopic (exact) mass is 256 g/mol. The fraction of sp³-hybridized carbons (Fsp3) is 0.286. The molecule has 1 aromatic heterocycles. The summed E-state index contributed by atoms with van der Waals surface area (Å²) in [5.74, 6) is 0.0590. The van der Waals surface area contributed by atoms with Crippen molar-refractivity contribution in [3.05, 3.63) is 36.2 Å². The van der Waals surface area contributed by atoms with E-state index in [1.54, 1.807) is 16.9 Å². The number of aromatic nitrogens is 2. The number of nitrogens with two attached hydrogens (primary N) is 1. The summed E-state index contributed by atoms with van der Waals surface area (Å²) in [6.45, 7) is 1.69. The molecular weight excluding hydrogens is 240 g/mol. The molecule has 19 heavy (non-hydrogen) atoms. The second-order valence-corrected chi connectivity index (χ2v) is 4.89. The van der Waals surface area contributed by atoms with Gasteiger partial charge in [-0.15, -0.1) is 0 Å². The topological polar surface area (TPSA) is 64.2 Å². The van der Waals surface area contributed by atoms with Gasteiger partial charge in [0.25, 0.3) is 5.91 Å². The van der Waals surface area contributed by atoms with E-state index in [4.69, 9.17) is 5.73 Å². The highest BCUT2D eigenvalue weighted by Gasteiger charge is 2.22. The van der Waals surface area contributed by atoms with Crippen molar-refractivity contribution < 1.29 is 4.79 Å². The maximum Gasteiger partial charge on any atom is 0.253 e. The van der Waals surface area contributed by atoms with Crippen molar-refractivity contribution >= 4 is 11.6 Å². The van der Waals surface area contributed by atoms with Crippen LogP contribution in [-0.2, 0) is 7.05 Å². The van der Waals surface area contributed by atoms with Crippen LogP contribution in [0.3, 0.4) is 0 Å². The summed E-state index contributed by atoms with van der Waals surface area (Å²) in [5, 5.41) is 4.14. The second-order valence-electron chi connectivity index (χ2n) is 4.89. The Bertz CT molecular complexity index is 628. The number of likely N-dealkylation sites (tertiary alicyclic amines) is 1. The van der Waals surface area contributed by atoms with Crippen molar-refractivity contribution in [2.24, 2.45) is 7.05 Å². The average Bonchev–Trinajstić information content (AvgIpc) is 2.73. The van der Waals surface area contributed by atoms with E-state index in [0.29, 0.717) is 11.3 Å². The molecule has 1 aliphatic heterocycles. The Kier molecular flexibility index (Phi) is 2.74. The van der Waals surface area contributed by atoms with Gasteiger partial charge in [-0.05, 0) is 30.2 Å². The van der Waals surface area contributed by atoms with Gasteiger partial charge in [0.1, 0.15) is 0 Å². The van der Waals surface area contributed by atoms with Gasteiger partial charge in [0, 0.05) is 43.1 Å². The van der Waals surface area contributed by atoms with Gasteiger partial charge in [-0.2, -0.15) is 5.10 Å². The molecule has 0 radical (unpaired) electrons. The van der Waals surface area contributed by atoms with Crippen LogP contribution >= 0.6 is 0 Å². The van der Waals surface area contributed by atoms with Gasteiger partial charge < -0.3 is 10.6 Å². The lowest BCUT2D eigenvalue weighted by Gasteiger charge is -2.31. The van der Waals surface area contributed by atoms with Crippen LogP contribution in [-0.4, -0.2) is 33.7 Å². The van der Waals surface area contributed by atoms with E-state index in [0.717, 1.165) is 30.6 Å². The largest absolute Gasteiger partial charge is 0.399 e. The fourth-order valence-corrected chi connectivity index (χ4v) is 2.21. The van der Waals surface area contributed by atoms with Crippen molar-refractivity contribution in [1.29, 1.82) is 0 Å². The lowest BCUT2D eigenvalue weighted by atomic mass is 10.0. The third-order valence-electron chi connectivity index (χ3n) is 3.38. The minimum Gasteiger partial charge on any atom is -0.399 e. The molecular formula is C14H16N4O. The number of anilines is 1. The molecule has 98 valence electrons. The third-order valence-corrected chi connectivity index (χ3v) is 3.38. The molecule has 0 unspecified atom stereocenters. The number of hydrogen-bond acceptors (Lipinski definition) is 3. The lowest BCUT2D eigenvalue weighted by Crippen LogP contribution is -2.42. The molecule has 0 spiro atoms. The Labute approximate surface area is 111 Å². The first-order valence-corrected chi connectivity index (χ1v) is 6.32. The number of rotatable bonds is 2. The van der Waals surface area contributed by atoms with Crippen LogP contribution in [0.1, 0.15) is 16.8 Å². The van der Waals surface area contributed by atoms with Crippen LogP contribution < -0.4 is 5.73 Å². The molecule has 2 N–H and O–H groups in total. The number of benzene rings is 1. The number of hydrogen-bond donors (Lipinski definition) is 1. The van der Waals surface area contributed by atoms with E-state index in [1.807, 2.05) is 30.3 Å². The molecule has 3 rings (SSSR count). The van der Waals surface area contributed by atoms with Crippen LogP contribution in [0.15, 0.2) is 30.6 Å². The van der Waals surface area contributed by atoms with Crippen LogP contribution in [0, 0.1) is 0 Å². The molecule has 1 saturated heterocycles. The van der Waals surface area contributed by atoms with Gasteiger partial charge >= 0.3 is 0 Å². The van der Waals surface area contributed by atoms with E-state index in [2.05, 4.69) is 5.10 Å². The Balaban J connectivity index is 1.98. The summed E-state index contributed by atoms with van der Waals surface area (Å²) in [6, 6.07) is 5.48. The predicted molar refractivity (Wildman–Crippen MR) is 73.6 cm³/mol. The molecule has 2 aromatic rings. The van der Waals surface area contributed by atoms with E-state index in [9.17, 15) is 4.79 Å². The van der Waals surface area contributed by atoms with Crippen LogP contribution in [0.2, 0.25) is 0 Å². The molecule has 0 aliphatic carbocycles. The maximum absolute atomic E-state index is 12.2. The number of nitrogen functional groups attached to an aromatic ring is 1. The van der Waals surface area contributed by atoms with Crippen LogP contribution in [0.5, 0.6) is 0 Å². The molecule has 5 nitrogen and oxygen atoms in total. The minimum absolute atomic E-state index is 0.0590. The van der Waals surface area contributed by atoms with Crippen molar-refractivity contribution in [3.8, 4) is 11.1 Å². The molecule has 1 aromatic carbocycles. The number of aryl methyl sites for hydroxylation is 1. The Hall–Kier alpha value is -2.30. The molecule has 5 heteroatoms. The summed E-state index contributed by atoms with van der Waals surface area (Å²) in [7, 11) is 1.86. The fourth-order valence-electron chi connectivity index (χ4n) is 2.21. The van der Waals surface area contributed by atoms with Crippen molar-refractivity contribution in [2.45, 2.75) is 6.42 Å². The van der Waals surface area contributed by atoms with Gasteiger partial charge in [-0.25, -0.2) is 0 Å². The summed E-state index contributed by atoms with van der Waals surface area (Å²) in [6.07, 6.45) is 4.77. The normalized spacial score (nSPS) is 14.3. The molecule has 1 fully saturated rings. The molecule has 0 saturated carbocycles. The third kappa shape index (κ3) is 2.19. The van der Waals surface area contributed by atoms with Gasteiger partial charge in [0.05, 0.1) is 6.20 Å². The SMILES string of the molecule is Cn1cc(-c2cc(N)cc(C(=O)N3CCC3)c2)cn1. The predicted octanol–water partition coefficient (Wildman–Crippen LogP) is 1.52. The summed E-state index contributed by atoms with van der Waals surface area (Å²) in [5.41, 5.74) is 9.05. The Morgan fingerprint density at radius 3 is 2.63 bits per heavy atom. The van der Waals surface area contributed by atoms with Gasteiger partial charge in [0.2, 0.25) is 0 Å². The molecule has 1 amide bonds. The standard InChI is InChI=1S/C14H16N4O/c1-17-9-12(8-16-17)10-5-11(7-13(15)6-10)14(19)18-3-2-4-18/h5-9H,2-4,15H2,1H3. The second kappa shape index (κ2) is 4.42. The molecule has 0 atom stereocenters. The number of amides is 1. The van der Waals surface area contributed by atoms with E-state index in [-0.39, 0.29) is 5.91 Å². The number of carbonyl (C=O) groups is 1. The van der Waals surface area contributed by atoms with Crippen molar-refractivity contribution in [1.82, 2.24) is 14.7 Å². The van der Waals surface area contributed by atoms with Gasteiger partial charge in [-0.1, -0.05) is 0 Å². The average molecular weight is 256 g/mol. The number of nitrogens with zero attached hydrogens (tertiary/aromatic N) is 3. The summed E-state index contributed by atoms with van der Waals surface area (Å²) >= 11 is 0. The first-order valence-electron chi connectivity index (χ1n) is 6.32. The Morgan fingerprint density at radius 2 is 2.05 bits per heavy atom. The highest BCUT2D eigenvalue weighted by Crippen LogP contribution is 2.24. The molecule has 1 aliphatic rings. The molecule has 0 bridgehead atoms. The van der Waals surface area contributed by atoms with Gasteiger partial charge in [-0.3, -0.25) is 9.48 Å². The smallest absolute Gasteiger partial charge is 0.253 e. The number of carbonyl (C=O) groups excluding carboxylic acids is 1. The lowest BCUT2D eigenvalue weighted by molar-refractivity contribution is 0.0652.